The number of hydrogen-bond acceptors (Lipinski definition) is 2. The van der Waals surface area contributed by atoms with Crippen LogP contribution in [-0.2, 0) is 4.79 Å². The number of carbonyl (C=O) groups is 1. The molecule has 2 atom stereocenters. The van der Waals surface area contributed by atoms with Gasteiger partial charge in [0.15, 0.2) is 0 Å². The average molecular weight is 254 g/mol. The van der Waals surface area contributed by atoms with Crippen molar-refractivity contribution in [2.75, 3.05) is 6.54 Å². The maximum atomic E-state index is 12.4. The van der Waals surface area contributed by atoms with Gasteiger partial charge in [-0.05, 0) is 51.5 Å². The van der Waals surface area contributed by atoms with E-state index in [1.807, 2.05) is 0 Å². The number of carbonyl (C=O) groups excluding carboxylic acids is 1. The van der Waals surface area contributed by atoms with Gasteiger partial charge >= 0.3 is 0 Å². The van der Waals surface area contributed by atoms with Gasteiger partial charge in [-0.2, -0.15) is 0 Å². The molecule has 0 saturated carbocycles. The molecule has 1 rings (SSSR count). The Labute approximate surface area is 112 Å². The molecule has 0 radical (unpaired) electrons. The molecule has 1 heterocycles. The molecule has 1 amide bonds. The van der Waals surface area contributed by atoms with Crippen LogP contribution in [0.4, 0.5) is 0 Å². The fourth-order valence-corrected chi connectivity index (χ4v) is 2.77. The summed E-state index contributed by atoms with van der Waals surface area (Å²) in [5.74, 6) is 0.927. The standard InChI is InChI=1S/C15H30N2O/c1-5-9-15(10-6-11-16-15)14(18)17-13(4)8-7-12(2)3/h12-13,16H,5-11H2,1-4H3,(H,17,18). The lowest BCUT2D eigenvalue weighted by atomic mass is 9.90. The molecule has 0 aromatic heterocycles. The van der Waals surface area contributed by atoms with Crippen LogP contribution in [0.3, 0.4) is 0 Å². The van der Waals surface area contributed by atoms with Gasteiger partial charge in [0.05, 0.1) is 5.54 Å². The fourth-order valence-electron chi connectivity index (χ4n) is 2.77. The van der Waals surface area contributed by atoms with Crippen LogP contribution in [-0.4, -0.2) is 24.0 Å². The molecule has 0 aliphatic carbocycles. The Kier molecular flexibility index (Phi) is 6.13. The predicted molar refractivity (Wildman–Crippen MR) is 76.6 cm³/mol. The first-order valence-corrected chi connectivity index (χ1v) is 7.56. The largest absolute Gasteiger partial charge is 0.352 e. The summed E-state index contributed by atoms with van der Waals surface area (Å²) >= 11 is 0. The number of rotatable bonds is 7. The summed E-state index contributed by atoms with van der Waals surface area (Å²) in [5.41, 5.74) is -0.277. The van der Waals surface area contributed by atoms with Gasteiger partial charge in [-0.25, -0.2) is 0 Å². The van der Waals surface area contributed by atoms with Gasteiger partial charge in [0.25, 0.3) is 0 Å². The number of amides is 1. The zero-order valence-electron chi connectivity index (χ0n) is 12.5. The van der Waals surface area contributed by atoms with E-state index < -0.39 is 0 Å². The minimum absolute atomic E-state index is 0.220. The molecule has 2 N–H and O–H groups in total. The van der Waals surface area contributed by atoms with Crippen molar-refractivity contribution in [1.82, 2.24) is 10.6 Å². The smallest absolute Gasteiger partial charge is 0.240 e. The van der Waals surface area contributed by atoms with Gasteiger partial charge in [-0.3, -0.25) is 4.79 Å². The second-order valence-corrected chi connectivity index (χ2v) is 6.21. The Balaban J connectivity index is 2.46. The van der Waals surface area contributed by atoms with Crippen molar-refractivity contribution in [1.29, 1.82) is 0 Å². The first-order valence-electron chi connectivity index (χ1n) is 7.56. The van der Waals surface area contributed by atoms with Gasteiger partial charge in [0, 0.05) is 6.04 Å². The van der Waals surface area contributed by atoms with E-state index in [0.29, 0.717) is 5.92 Å². The highest BCUT2D eigenvalue weighted by Crippen LogP contribution is 2.25. The van der Waals surface area contributed by atoms with Crippen molar-refractivity contribution in [2.45, 2.75) is 77.8 Å². The fraction of sp³-hybridized carbons (Fsp3) is 0.933. The van der Waals surface area contributed by atoms with Crippen LogP contribution in [0.25, 0.3) is 0 Å². The molecular weight excluding hydrogens is 224 g/mol. The van der Waals surface area contributed by atoms with Gasteiger partial charge in [-0.15, -0.1) is 0 Å². The lowest BCUT2D eigenvalue weighted by Gasteiger charge is -2.29. The Morgan fingerprint density at radius 3 is 2.56 bits per heavy atom. The molecule has 0 aromatic carbocycles. The first-order chi connectivity index (χ1) is 8.50. The van der Waals surface area contributed by atoms with Crippen molar-refractivity contribution < 1.29 is 4.79 Å². The van der Waals surface area contributed by atoms with E-state index in [1.165, 1.54) is 6.42 Å². The summed E-state index contributed by atoms with van der Waals surface area (Å²) in [4.78, 5) is 12.4. The summed E-state index contributed by atoms with van der Waals surface area (Å²) in [7, 11) is 0. The van der Waals surface area contributed by atoms with Crippen LogP contribution in [0.15, 0.2) is 0 Å². The van der Waals surface area contributed by atoms with Crippen LogP contribution in [0.2, 0.25) is 0 Å². The topological polar surface area (TPSA) is 41.1 Å². The molecule has 1 saturated heterocycles. The predicted octanol–water partition coefficient (Wildman–Crippen LogP) is 2.85. The molecule has 2 unspecified atom stereocenters. The zero-order chi connectivity index (χ0) is 13.6. The minimum Gasteiger partial charge on any atom is -0.352 e. The van der Waals surface area contributed by atoms with E-state index in [4.69, 9.17) is 0 Å². The first kappa shape index (κ1) is 15.5. The maximum absolute atomic E-state index is 12.4. The molecule has 3 heteroatoms. The van der Waals surface area contributed by atoms with Crippen LogP contribution in [0, 0.1) is 5.92 Å². The summed E-state index contributed by atoms with van der Waals surface area (Å²) in [6, 6.07) is 0.288. The Morgan fingerprint density at radius 1 is 1.33 bits per heavy atom. The quantitative estimate of drug-likeness (QED) is 0.733. The zero-order valence-corrected chi connectivity index (χ0v) is 12.5. The third-order valence-corrected chi connectivity index (χ3v) is 3.91. The van der Waals surface area contributed by atoms with Gasteiger partial charge in [0.1, 0.15) is 0 Å². The number of nitrogens with one attached hydrogen (secondary N) is 2. The Hall–Kier alpha value is -0.570. The van der Waals surface area contributed by atoms with Crippen LogP contribution in [0.1, 0.15) is 66.2 Å². The molecule has 0 bridgehead atoms. The maximum Gasteiger partial charge on any atom is 0.240 e. The van der Waals surface area contributed by atoms with Crippen LogP contribution < -0.4 is 10.6 Å². The highest BCUT2D eigenvalue weighted by molar-refractivity contribution is 5.86. The second kappa shape index (κ2) is 7.13. The van der Waals surface area contributed by atoms with Crippen LogP contribution >= 0.6 is 0 Å². The number of hydrogen-bond donors (Lipinski definition) is 2. The summed E-state index contributed by atoms with van der Waals surface area (Å²) < 4.78 is 0. The van der Waals surface area contributed by atoms with E-state index in [0.717, 1.165) is 38.6 Å². The lowest BCUT2D eigenvalue weighted by Crippen LogP contribution is -2.55. The third-order valence-electron chi connectivity index (χ3n) is 3.91. The SMILES string of the molecule is CCCC1(C(=O)NC(C)CCC(C)C)CCCN1. The Bertz CT molecular complexity index is 257. The summed E-state index contributed by atoms with van der Waals surface area (Å²) in [5, 5.41) is 6.63. The minimum atomic E-state index is -0.277. The molecule has 18 heavy (non-hydrogen) atoms. The second-order valence-electron chi connectivity index (χ2n) is 6.21. The van der Waals surface area contributed by atoms with E-state index in [-0.39, 0.29) is 17.5 Å². The molecule has 1 aliphatic heterocycles. The molecule has 1 fully saturated rings. The van der Waals surface area contributed by atoms with Gasteiger partial charge in [-0.1, -0.05) is 27.2 Å². The molecule has 0 aromatic rings. The van der Waals surface area contributed by atoms with Crippen molar-refractivity contribution in [2.24, 2.45) is 5.92 Å². The van der Waals surface area contributed by atoms with E-state index >= 15 is 0 Å². The molecule has 106 valence electrons. The van der Waals surface area contributed by atoms with E-state index in [1.54, 1.807) is 0 Å². The monoisotopic (exact) mass is 254 g/mol. The molecule has 0 spiro atoms. The van der Waals surface area contributed by atoms with E-state index in [2.05, 4.69) is 38.3 Å². The van der Waals surface area contributed by atoms with Crippen molar-refractivity contribution in [3.8, 4) is 0 Å². The van der Waals surface area contributed by atoms with Gasteiger partial charge in [0.2, 0.25) is 5.91 Å². The molecule has 1 aliphatic rings. The third kappa shape index (κ3) is 4.27. The molecule has 3 nitrogen and oxygen atoms in total. The van der Waals surface area contributed by atoms with Gasteiger partial charge < -0.3 is 10.6 Å². The Morgan fingerprint density at radius 2 is 2.06 bits per heavy atom. The highest BCUT2D eigenvalue weighted by Gasteiger charge is 2.40. The molecular formula is C15H30N2O. The van der Waals surface area contributed by atoms with Crippen LogP contribution in [0.5, 0.6) is 0 Å². The van der Waals surface area contributed by atoms with Crippen molar-refractivity contribution in [3.63, 3.8) is 0 Å². The summed E-state index contributed by atoms with van der Waals surface area (Å²) in [6.07, 6.45) is 6.37. The lowest BCUT2D eigenvalue weighted by molar-refractivity contribution is -0.128. The normalized spacial score (nSPS) is 25.4. The highest BCUT2D eigenvalue weighted by atomic mass is 16.2. The van der Waals surface area contributed by atoms with E-state index in [9.17, 15) is 4.79 Å². The van der Waals surface area contributed by atoms with Crippen molar-refractivity contribution >= 4 is 5.91 Å². The summed E-state index contributed by atoms with van der Waals surface area (Å²) in [6.45, 7) is 9.71. The average Bonchev–Trinajstić information content (AvgIpc) is 2.77. The van der Waals surface area contributed by atoms with Crippen molar-refractivity contribution in [3.05, 3.63) is 0 Å².